The average molecular weight is 389 g/mol. The zero-order valence-electron chi connectivity index (χ0n) is 15.1. The monoisotopic (exact) mass is 388 g/mol. The lowest BCUT2D eigenvalue weighted by Crippen LogP contribution is -2.36. The maximum absolute atomic E-state index is 12.2. The average Bonchev–Trinajstić information content (AvgIpc) is 2.64. The molecule has 0 aromatic heterocycles. The maximum Gasteiger partial charge on any atom is 0.326 e. The number of nitrogens with one attached hydrogen (secondary N) is 2. The molecule has 2 aromatic carbocycles. The first-order chi connectivity index (χ1) is 12.8. The number of carbonyl (C=O) groups is 3. The SMILES string of the molecule is Cc1ccc(Cl)cc1NC(=O)[C@H](C)OC(=O)CNC(=O)Cc1ccccc1. The van der Waals surface area contributed by atoms with E-state index >= 15 is 0 Å². The number of hydrogen-bond acceptors (Lipinski definition) is 4. The number of hydrogen-bond donors (Lipinski definition) is 2. The van der Waals surface area contributed by atoms with Crippen LogP contribution >= 0.6 is 11.6 Å². The number of benzene rings is 2. The fourth-order valence-corrected chi connectivity index (χ4v) is 2.44. The Morgan fingerprint density at radius 1 is 1.11 bits per heavy atom. The highest BCUT2D eigenvalue weighted by Gasteiger charge is 2.19. The topological polar surface area (TPSA) is 84.5 Å². The molecule has 0 bridgehead atoms. The third-order valence-electron chi connectivity index (χ3n) is 3.77. The Bertz CT molecular complexity index is 824. The van der Waals surface area contributed by atoms with Crippen molar-refractivity contribution in [1.29, 1.82) is 0 Å². The standard InChI is InChI=1S/C20H21ClN2O4/c1-13-8-9-16(21)11-17(13)23-20(26)14(2)27-19(25)12-22-18(24)10-15-6-4-3-5-7-15/h3-9,11,14H,10,12H2,1-2H3,(H,22,24)(H,23,26)/t14-/m0/s1. The van der Waals surface area contributed by atoms with Gasteiger partial charge in [-0.15, -0.1) is 0 Å². The third-order valence-corrected chi connectivity index (χ3v) is 4.01. The van der Waals surface area contributed by atoms with E-state index in [9.17, 15) is 14.4 Å². The van der Waals surface area contributed by atoms with Crippen molar-refractivity contribution >= 4 is 35.1 Å². The summed E-state index contributed by atoms with van der Waals surface area (Å²) in [5, 5.41) is 5.63. The smallest absolute Gasteiger partial charge is 0.326 e. The minimum Gasteiger partial charge on any atom is -0.451 e. The van der Waals surface area contributed by atoms with Gasteiger partial charge in [-0.05, 0) is 37.1 Å². The lowest BCUT2D eigenvalue weighted by atomic mass is 10.1. The van der Waals surface area contributed by atoms with E-state index in [4.69, 9.17) is 16.3 Å². The van der Waals surface area contributed by atoms with Gasteiger partial charge in [-0.2, -0.15) is 0 Å². The first-order valence-electron chi connectivity index (χ1n) is 8.42. The quantitative estimate of drug-likeness (QED) is 0.714. The molecule has 2 rings (SSSR count). The van der Waals surface area contributed by atoms with Crippen LogP contribution in [0.25, 0.3) is 0 Å². The summed E-state index contributed by atoms with van der Waals surface area (Å²) >= 11 is 5.92. The van der Waals surface area contributed by atoms with Crippen molar-refractivity contribution in [3.05, 3.63) is 64.7 Å². The Hall–Kier alpha value is -2.86. The summed E-state index contributed by atoms with van der Waals surface area (Å²) in [7, 11) is 0. The summed E-state index contributed by atoms with van der Waals surface area (Å²) in [6.07, 6.45) is -0.847. The number of halogens is 1. The zero-order valence-corrected chi connectivity index (χ0v) is 15.9. The predicted octanol–water partition coefficient (Wildman–Crippen LogP) is 2.88. The number of rotatable bonds is 7. The molecule has 2 aromatic rings. The molecule has 0 aliphatic heterocycles. The molecule has 0 spiro atoms. The summed E-state index contributed by atoms with van der Waals surface area (Å²) < 4.78 is 5.06. The van der Waals surface area contributed by atoms with Gasteiger partial charge in [-0.3, -0.25) is 14.4 Å². The number of anilines is 1. The largest absolute Gasteiger partial charge is 0.451 e. The predicted molar refractivity (Wildman–Crippen MR) is 104 cm³/mol. The van der Waals surface area contributed by atoms with Crippen LogP contribution in [-0.2, 0) is 25.5 Å². The minimum atomic E-state index is -1.01. The van der Waals surface area contributed by atoms with Crippen molar-refractivity contribution in [2.75, 3.05) is 11.9 Å². The van der Waals surface area contributed by atoms with E-state index < -0.39 is 18.0 Å². The number of carbonyl (C=O) groups excluding carboxylic acids is 3. The van der Waals surface area contributed by atoms with Gasteiger partial charge < -0.3 is 15.4 Å². The fraction of sp³-hybridized carbons (Fsp3) is 0.250. The molecule has 0 aliphatic carbocycles. The highest BCUT2D eigenvalue weighted by molar-refractivity contribution is 6.31. The minimum absolute atomic E-state index is 0.165. The molecule has 2 N–H and O–H groups in total. The molecular formula is C20H21ClN2O4. The molecule has 1 atom stereocenters. The van der Waals surface area contributed by atoms with Crippen molar-refractivity contribution in [2.24, 2.45) is 0 Å². The van der Waals surface area contributed by atoms with Crippen LogP contribution in [0.2, 0.25) is 5.02 Å². The number of ether oxygens (including phenoxy) is 1. The van der Waals surface area contributed by atoms with E-state index in [2.05, 4.69) is 10.6 Å². The van der Waals surface area contributed by atoms with E-state index in [1.807, 2.05) is 37.3 Å². The normalized spacial score (nSPS) is 11.4. The summed E-state index contributed by atoms with van der Waals surface area (Å²) in [4.78, 5) is 35.9. The van der Waals surface area contributed by atoms with Gasteiger partial charge in [-0.25, -0.2) is 0 Å². The van der Waals surface area contributed by atoms with Crippen LogP contribution in [-0.4, -0.2) is 30.4 Å². The summed E-state index contributed by atoms with van der Waals surface area (Å²) in [5.74, 6) is -1.48. The summed E-state index contributed by atoms with van der Waals surface area (Å²) in [5.41, 5.74) is 2.22. The molecule has 0 fully saturated rings. The molecule has 0 unspecified atom stereocenters. The second kappa shape index (κ2) is 9.73. The van der Waals surface area contributed by atoms with E-state index in [1.54, 1.807) is 18.2 Å². The van der Waals surface area contributed by atoms with E-state index in [0.29, 0.717) is 10.7 Å². The second-order valence-electron chi connectivity index (χ2n) is 6.02. The van der Waals surface area contributed by atoms with Gasteiger partial charge in [0.25, 0.3) is 5.91 Å². The van der Waals surface area contributed by atoms with Gasteiger partial charge in [-0.1, -0.05) is 48.0 Å². The van der Waals surface area contributed by atoms with Crippen molar-refractivity contribution in [1.82, 2.24) is 5.32 Å². The van der Waals surface area contributed by atoms with Crippen LogP contribution < -0.4 is 10.6 Å². The molecule has 2 amide bonds. The molecule has 0 radical (unpaired) electrons. The van der Waals surface area contributed by atoms with Crippen LogP contribution in [0.15, 0.2) is 48.5 Å². The molecule has 0 aliphatic rings. The molecule has 0 saturated carbocycles. The van der Waals surface area contributed by atoms with E-state index in [1.165, 1.54) is 6.92 Å². The van der Waals surface area contributed by atoms with Gasteiger partial charge in [0.2, 0.25) is 5.91 Å². The van der Waals surface area contributed by atoms with Crippen molar-refractivity contribution in [3.63, 3.8) is 0 Å². The summed E-state index contributed by atoms with van der Waals surface area (Å²) in [6.45, 7) is 2.98. The van der Waals surface area contributed by atoms with E-state index in [-0.39, 0.29) is 18.9 Å². The molecule has 0 heterocycles. The van der Waals surface area contributed by atoms with Gasteiger partial charge in [0.15, 0.2) is 6.10 Å². The van der Waals surface area contributed by atoms with Crippen molar-refractivity contribution in [2.45, 2.75) is 26.4 Å². The van der Waals surface area contributed by atoms with Gasteiger partial charge >= 0.3 is 5.97 Å². The van der Waals surface area contributed by atoms with E-state index in [0.717, 1.165) is 11.1 Å². The first-order valence-corrected chi connectivity index (χ1v) is 8.80. The van der Waals surface area contributed by atoms with Gasteiger partial charge in [0.1, 0.15) is 6.54 Å². The fourth-order valence-electron chi connectivity index (χ4n) is 2.27. The Labute approximate surface area is 162 Å². The first kappa shape index (κ1) is 20.5. The summed E-state index contributed by atoms with van der Waals surface area (Å²) in [6, 6.07) is 14.3. The Morgan fingerprint density at radius 3 is 2.52 bits per heavy atom. The van der Waals surface area contributed by atoms with Crippen molar-refractivity contribution < 1.29 is 19.1 Å². The van der Waals surface area contributed by atoms with Crippen LogP contribution in [0.1, 0.15) is 18.1 Å². The third kappa shape index (κ3) is 6.75. The van der Waals surface area contributed by atoms with Gasteiger partial charge in [0, 0.05) is 10.7 Å². The highest BCUT2D eigenvalue weighted by Crippen LogP contribution is 2.20. The lowest BCUT2D eigenvalue weighted by molar-refractivity contribution is -0.152. The lowest BCUT2D eigenvalue weighted by Gasteiger charge is -2.15. The molecular weight excluding hydrogens is 368 g/mol. The number of aryl methyl sites for hydroxylation is 1. The Balaban J connectivity index is 1.78. The number of amides is 2. The second-order valence-corrected chi connectivity index (χ2v) is 6.46. The zero-order chi connectivity index (χ0) is 19.8. The molecule has 7 heteroatoms. The Kier molecular flexibility index (Phi) is 7.37. The Morgan fingerprint density at radius 2 is 1.81 bits per heavy atom. The molecule has 6 nitrogen and oxygen atoms in total. The van der Waals surface area contributed by atoms with Crippen LogP contribution in [0.3, 0.4) is 0 Å². The molecule has 142 valence electrons. The number of esters is 1. The van der Waals surface area contributed by atoms with Crippen LogP contribution in [0.4, 0.5) is 5.69 Å². The van der Waals surface area contributed by atoms with Crippen LogP contribution in [0.5, 0.6) is 0 Å². The molecule has 0 saturated heterocycles. The van der Waals surface area contributed by atoms with Gasteiger partial charge in [0.05, 0.1) is 6.42 Å². The highest BCUT2D eigenvalue weighted by atomic mass is 35.5. The van der Waals surface area contributed by atoms with Crippen molar-refractivity contribution in [3.8, 4) is 0 Å². The van der Waals surface area contributed by atoms with Crippen LogP contribution in [0, 0.1) is 6.92 Å². The molecule has 27 heavy (non-hydrogen) atoms. The maximum atomic E-state index is 12.2.